The van der Waals surface area contributed by atoms with E-state index < -0.39 is 29.7 Å². The van der Waals surface area contributed by atoms with E-state index in [1.54, 1.807) is 29.1 Å². The summed E-state index contributed by atoms with van der Waals surface area (Å²) in [6.45, 7) is 0.00164. The number of carboxylic acids is 1. The highest BCUT2D eigenvalue weighted by Gasteiger charge is 2.38. The number of imidazole rings is 1. The van der Waals surface area contributed by atoms with Gasteiger partial charge >= 0.3 is 12.1 Å². The van der Waals surface area contributed by atoms with Gasteiger partial charge in [-0.3, -0.25) is 9.89 Å². The van der Waals surface area contributed by atoms with E-state index in [1.807, 2.05) is 12.3 Å². The summed E-state index contributed by atoms with van der Waals surface area (Å²) in [5.41, 5.74) is 3.00. The molecule has 0 unspecified atom stereocenters. The van der Waals surface area contributed by atoms with Gasteiger partial charge in [-0.05, 0) is 29.8 Å². The molecule has 3 aromatic heterocycles. The van der Waals surface area contributed by atoms with E-state index in [1.165, 1.54) is 12.1 Å². The lowest BCUT2D eigenvalue weighted by Gasteiger charge is -2.04. The summed E-state index contributed by atoms with van der Waals surface area (Å²) in [6, 6.07) is 6.80. The van der Waals surface area contributed by atoms with E-state index in [-0.39, 0.29) is 12.2 Å². The minimum absolute atomic E-state index is 0.00164. The molecule has 0 atom stereocenters. The zero-order chi connectivity index (χ0) is 24.2. The molecule has 0 aliphatic heterocycles. The van der Waals surface area contributed by atoms with Crippen LogP contribution in [0, 0.1) is 11.6 Å². The maximum Gasteiger partial charge on any atom is 0.490 e. The summed E-state index contributed by atoms with van der Waals surface area (Å²) in [4.78, 5) is 25.4. The Kier molecular flexibility index (Phi) is 6.70. The van der Waals surface area contributed by atoms with Crippen LogP contribution in [0.1, 0.15) is 16.1 Å². The van der Waals surface area contributed by atoms with Crippen molar-refractivity contribution in [1.82, 2.24) is 24.9 Å². The van der Waals surface area contributed by atoms with Gasteiger partial charge in [-0.25, -0.2) is 18.6 Å². The molecule has 0 fully saturated rings. The van der Waals surface area contributed by atoms with Crippen LogP contribution in [-0.4, -0.2) is 42.7 Å². The minimum Gasteiger partial charge on any atom is -0.475 e. The second kappa shape index (κ2) is 9.46. The number of rotatable bonds is 4. The van der Waals surface area contributed by atoms with Crippen molar-refractivity contribution in [2.24, 2.45) is 0 Å². The molecule has 8 nitrogen and oxygen atoms in total. The number of alkyl halides is 3. The van der Waals surface area contributed by atoms with Crippen LogP contribution >= 0.6 is 0 Å². The predicted molar refractivity (Wildman–Crippen MR) is 104 cm³/mol. The van der Waals surface area contributed by atoms with Crippen molar-refractivity contribution in [1.29, 1.82) is 0 Å². The van der Waals surface area contributed by atoms with Crippen LogP contribution in [0.25, 0.3) is 16.8 Å². The Hall–Kier alpha value is -4.29. The number of hydrogen-bond acceptors (Lipinski definition) is 4. The molecule has 0 bridgehead atoms. The number of nitrogens with zero attached hydrogens (tertiary/aromatic N) is 3. The number of carbonyl (C=O) groups excluding carboxylic acids is 1. The van der Waals surface area contributed by atoms with Gasteiger partial charge in [-0.2, -0.15) is 18.3 Å². The van der Waals surface area contributed by atoms with E-state index in [4.69, 9.17) is 9.90 Å². The van der Waals surface area contributed by atoms with Crippen LogP contribution < -0.4 is 5.32 Å². The molecule has 3 N–H and O–H groups in total. The summed E-state index contributed by atoms with van der Waals surface area (Å²) in [7, 11) is 0. The summed E-state index contributed by atoms with van der Waals surface area (Å²) in [5.74, 6) is -4.56. The molecule has 1 aromatic carbocycles. The minimum atomic E-state index is -5.08. The third-order valence-corrected chi connectivity index (χ3v) is 4.13. The smallest absolute Gasteiger partial charge is 0.475 e. The summed E-state index contributed by atoms with van der Waals surface area (Å²) in [5, 5.41) is 16.4. The normalized spacial score (nSPS) is 11.1. The zero-order valence-corrected chi connectivity index (χ0v) is 16.4. The number of aliphatic carboxylic acids is 1. The Labute approximate surface area is 181 Å². The van der Waals surface area contributed by atoms with Crippen LogP contribution in [0.3, 0.4) is 0 Å². The molecule has 1 amide bonds. The molecule has 4 rings (SSSR count). The molecule has 0 saturated carbocycles. The number of fused-ring (bicyclic) bond motifs is 1. The Balaban J connectivity index is 0.000000383. The average molecular weight is 467 g/mol. The monoisotopic (exact) mass is 467 g/mol. The molecule has 4 aromatic rings. The topological polar surface area (TPSA) is 112 Å². The molecular weight excluding hydrogens is 453 g/mol. The van der Waals surface area contributed by atoms with Crippen molar-refractivity contribution in [2.45, 2.75) is 12.7 Å². The number of carboxylic acid groups (broad SMARTS) is 1. The largest absolute Gasteiger partial charge is 0.490 e. The second-order valence-electron chi connectivity index (χ2n) is 6.56. The molecule has 172 valence electrons. The Bertz CT molecular complexity index is 1260. The lowest BCUT2D eigenvalue weighted by molar-refractivity contribution is -0.192. The van der Waals surface area contributed by atoms with Gasteiger partial charge in [0, 0.05) is 42.3 Å². The lowest BCUT2D eigenvalue weighted by Crippen LogP contribution is -2.23. The number of hydrogen-bond donors (Lipinski definition) is 3. The molecule has 3 heterocycles. The zero-order valence-electron chi connectivity index (χ0n) is 16.4. The van der Waals surface area contributed by atoms with E-state index in [9.17, 15) is 26.7 Å². The quantitative estimate of drug-likeness (QED) is 0.398. The number of aromatic amines is 1. The van der Waals surface area contributed by atoms with Crippen molar-refractivity contribution in [3.63, 3.8) is 0 Å². The fourth-order valence-electron chi connectivity index (χ4n) is 2.67. The number of pyridine rings is 1. The number of aromatic nitrogens is 4. The maximum absolute atomic E-state index is 13.2. The number of nitrogens with one attached hydrogen (secondary N) is 2. The van der Waals surface area contributed by atoms with Crippen LogP contribution in [0.15, 0.2) is 55.1 Å². The van der Waals surface area contributed by atoms with Gasteiger partial charge in [0.2, 0.25) is 0 Å². The van der Waals surface area contributed by atoms with Gasteiger partial charge in [-0.15, -0.1) is 0 Å². The second-order valence-corrected chi connectivity index (χ2v) is 6.56. The first-order chi connectivity index (χ1) is 15.5. The van der Waals surface area contributed by atoms with Gasteiger partial charge in [0.15, 0.2) is 0 Å². The van der Waals surface area contributed by atoms with Gasteiger partial charge in [-0.1, -0.05) is 0 Å². The Morgan fingerprint density at radius 3 is 2.30 bits per heavy atom. The first kappa shape index (κ1) is 23.4. The van der Waals surface area contributed by atoms with Crippen molar-refractivity contribution in [2.75, 3.05) is 0 Å². The summed E-state index contributed by atoms with van der Waals surface area (Å²) < 4.78 is 59.9. The van der Waals surface area contributed by atoms with Crippen LogP contribution in [-0.2, 0) is 11.3 Å². The molecule has 0 radical (unpaired) electrons. The molecule has 0 spiro atoms. The highest BCUT2D eigenvalue weighted by molar-refractivity contribution is 5.92. The van der Waals surface area contributed by atoms with Crippen molar-refractivity contribution in [3.05, 3.63) is 78.0 Å². The number of benzene rings is 1. The third kappa shape index (κ3) is 6.12. The third-order valence-electron chi connectivity index (χ3n) is 4.13. The van der Waals surface area contributed by atoms with Gasteiger partial charge in [0.1, 0.15) is 23.0 Å². The van der Waals surface area contributed by atoms with Crippen LogP contribution in [0.4, 0.5) is 22.0 Å². The fourth-order valence-corrected chi connectivity index (χ4v) is 2.67. The van der Waals surface area contributed by atoms with E-state index in [0.717, 1.165) is 17.2 Å². The van der Waals surface area contributed by atoms with Crippen molar-refractivity contribution >= 4 is 17.5 Å². The Morgan fingerprint density at radius 1 is 1.06 bits per heavy atom. The molecule has 0 saturated heterocycles. The maximum atomic E-state index is 13.2. The fraction of sp³-hybridized carbons (Fsp3) is 0.100. The average Bonchev–Trinajstić information content (AvgIpc) is 3.40. The van der Waals surface area contributed by atoms with E-state index in [2.05, 4.69) is 20.5 Å². The van der Waals surface area contributed by atoms with Crippen LogP contribution in [0.5, 0.6) is 0 Å². The molecule has 0 aliphatic rings. The molecule has 33 heavy (non-hydrogen) atoms. The van der Waals surface area contributed by atoms with Crippen molar-refractivity contribution < 1.29 is 36.6 Å². The highest BCUT2D eigenvalue weighted by Crippen LogP contribution is 2.19. The van der Waals surface area contributed by atoms with Gasteiger partial charge in [0.05, 0.1) is 6.20 Å². The predicted octanol–water partition coefficient (Wildman–Crippen LogP) is 3.57. The number of H-pyrrole nitrogens is 1. The van der Waals surface area contributed by atoms with Gasteiger partial charge < -0.3 is 14.8 Å². The van der Waals surface area contributed by atoms with E-state index in [0.29, 0.717) is 11.2 Å². The van der Waals surface area contributed by atoms with E-state index >= 15 is 0 Å². The number of carbonyl (C=O) groups is 2. The Morgan fingerprint density at radius 2 is 1.73 bits per heavy atom. The lowest BCUT2D eigenvalue weighted by atomic mass is 10.2. The van der Waals surface area contributed by atoms with Gasteiger partial charge in [0.25, 0.3) is 5.91 Å². The van der Waals surface area contributed by atoms with Crippen LogP contribution in [0.2, 0.25) is 0 Å². The molecule has 13 heteroatoms. The molecule has 0 aliphatic carbocycles. The standard InChI is InChI=1S/C18H13F2N5O.C2HF3O2/c19-14-3-11(4-15(20)5-14)6-21-18(26)16-10-25-9-12(1-2-17(25)24-16)13-7-22-23-8-13;3-2(4,5)1(6)7/h1-5,7-10H,6H2,(H,21,26)(H,22,23);(H,6,7). The molecular formula is C20H14F5N5O3. The first-order valence-electron chi connectivity index (χ1n) is 9.04. The highest BCUT2D eigenvalue weighted by atomic mass is 19.4. The first-order valence-corrected chi connectivity index (χ1v) is 9.04. The van der Waals surface area contributed by atoms with Crippen molar-refractivity contribution in [3.8, 4) is 11.1 Å². The number of amides is 1. The summed E-state index contributed by atoms with van der Waals surface area (Å²) in [6.07, 6.45) is 1.82. The number of halogens is 5. The summed E-state index contributed by atoms with van der Waals surface area (Å²) >= 11 is 0. The SMILES string of the molecule is O=C(NCc1cc(F)cc(F)c1)c1cn2cc(-c3cn[nH]c3)ccc2n1.O=C(O)C(F)(F)F.